The minimum Gasteiger partial charge on any atom is -0.208 e. The van der Waals surface area contributed by atoms with Crippen LogP contribution in [-0.4, -0.2) is 15.0 Å². The number of thiophene rings is 1. The smallest absolute Gasteiger partial charge is 0.165 e. The molecule has 9 rings (SSSR count). The van der Waals surface area contributed by atoms with Crippen molar-refractivity contribution in [2.45, 2.75) is 0 Å². The summed E-state index contributed by atoms with van der Waals surface area (Å²) in [4.78, 5) is 15.5. The van der Waals surface area contributed by atoms with Crippen molar-refractivity contribution in [1.82, 2.24) is 15.0 Å². The highest BCUT2D eigenvalue weighted by molar-refractivity contribution is 7.26. The lowest BCUT2D eigenvalue weighted by molar-refractivity contribution is 1.08. The molecule has 9 aromatic rings. The molecule has 0 atom stereocenters. The Hall–Kier alpha value is -6.23. The van der Waals surface area contributed by atoms with Gasteiger partial charge >= 0.3 is 0 Å². The van der Waals surface area contributed by atoms with Crippen molar-refractivity contribution in [3.8, 4) is 67.5 Å². The minimum absolute atomic E-state index is 0.645. The molecule has 2 aromatic heterocycles. The molecule has 49 heavy (non-hydrogen) atoms. The van der Waals surface area contributed by atoms with Crippen molar-refractivity contribution in [3.63, 3.8) is 0 Å². The maximum atomic E-state index is 5.21. The zero-order valence-electron chi connectivity index (χ0n) is 26.5. The topological polar surface area (TPSA) is 38.7 Å². The molecular weight excluding hydrogens is 615 g/mol. The SMILES string of the molecule is c1ccc(-c2ccc(-c3nc(-c4ccc(-c5ccccc5)cc4)nc(-c4cc(-c5ccccc5)cc5c4sc4ccccc45)n3)cc2)cc1. The van der Waals surface area contributed by atoms with E-state index in [1.807, 2.05) is 12.1 Å². The van der Waals surface area contributed by atoms with Gasteiger partial charge in [-0.3, -0.25) is 0 Å². The van der Waals surface area contributed by atoms with Crippen LogP contribution in [0.25, 0.3) is 87.7 Å². The van der Waals surface area contributed by atoms with Crippen LogP contribution < -0.4 is 0 Å². The summed E-state index contributed by atoms with van der Waals surface area (Å²) in [5.74, 6) is 1.95. The fraction of sp³-hybridized carbons (Fsp3) is 0. The average Bonchev–Trinajstić information content (AvgIpc) is 3.57. The summed E-state index contributed by atoms with van der Waals surface area (Å²) in [6.07, 6.45) is 0. The van der Waals surface area contributed by atoms with Gasteiger partial charge in [-0.25, -0.2) is 15.0 Å². The maximum Gasteiger partial charge on any atom is 0.165 e. The third-order valence-electron chi connectivity index (χ3n) is 8.96. The van der Waals surface area contributed by atoms with E-state index < -0.39 is 0 Å². The van der Waals surface area contributed by atoms with E-state index in [9.17, 15) is 0 Å². The molecular formula is C45H29N3S. The highest BCUT2D eigenvalue weighted by Crippen LogP contribution is 2.42. The van der Waals surface area contributed by atoms with E-state index in [0.29, 0.717) is 17.5 Å². The van der Waals surface area contributed by atoms with Gasteiger partial charge in [-0.15, -0.1) is 11.3 Å². The summed E-state index contributed by atoms with van der Waals surface area (Å²) in [7, 11) is 0. The van der Waals surface area contributed by atoms with Gasteiger partial charge in [0.15, 0.2) is 17.5 Å². The minimum atomic E-state index is 0.645. The molecule has 4 heteroatoms. The Balaban J connectivity index is 1.25. The molecule has 0 fully saturated rings. The predicted octanol–water partition coefficient (Wildman–Crippen LogP) is 12.2. The second kappa shape index (κ2) is 12.4. The first-order valence-corrected chi connectivity index (χ1v) is 17.2. The Bertz CT molecular complexity index is 2460. The summed E-state index contributed by atoms with van der Waals surface area (Å²) < 4.78 is 2.41. The van der Waals surface area contributed by atoms with E-state index in [-0.39, 0.29) is 0 Å². The number of benzene rings is 7. The molecule has 0 aliphatic heterocycles. The number of aromatic nitrogens is 3. The lowest BCUT2D eigenvalue weighted by Gasteiger charge is -2.12. The van der Waals surface area contributed by atoms with Crippen LogP contribution in [0.1, 0.15) is 0 Å². The van der Waals surface area contributed by atoms with Gasteiger partial charge in [0.1, 0.15) is 0 Å². The normalized spacial score (nSPS) is 11.3. The lowest BCUT2D eigenvalue weighted by Crippen LogP contribution is -2.00. The zero-order valence-corrected chi connectivity index (χ0v) is 27.3. The summed E-state index contributed by atoms with van der Waals surface area (Å²) in [5.41, 5.74) is 9.83. The Kier molecular flexibility index (Phi) is 7.34. The molecule has 0 saturated carbocycles. The van der Waals surface area contributed by atoms with Crippen LogP contribution in [0.4, 0.5) is 0 Å². The van der Waals surface area contributed by atoms with Crippen LogP contribution >= 0.6 is 11.3 Å². The third kappa shape index (κ3) is 5.58. The highest BCUT2D eigenvalue weighted by atomic mass is 32.1. The third-order valence-corrected chi connectivity index (χ3v) is 10.2. The van der Waals surface area contributed by atoms with Crippen molar-refractivity contribution in [1.29, 1.82) is 0 Å². The van der Waals surface area contributed by atoms with E-state index in [4.69, 9.17) is 15.0 Å². The second-order valence-corrected chi connectivity index (χ2v) is 13.1. The fourth-order valence-electron chi connectivity index (χ4n) is 6.43. The van der Waals surface area contributed by atoms with E-state index in [1.54, 1.807) is 11.3 Å². The first-order chi connectivity index (χ1) is 24.3. The molecule has 0 aliphatic carbocycles. The van der Waals surface area contributed by atoms with Crippen molar-refractivity contribution >= 4 is 31.5 Å². The molecule has 0 saturated heterocycles. The largest absolute Gasteiger partial charge is 0.208 e. The molecule has 0 amide bonds. The Morgan fingerprint density at radius 2 is 0.714 bits per heavy atom. The first kappa shape index (κ1) is 29.0. The molecule has 0 spiro atoms. The van der Waals surface area contributed by atoms with Crippen LogP contribution in [0, 0.1) is 0 Å². The van der Waals surface area contributed by atoms with Gasteiger partial charge in [-0.2, -0.15) is 0 Å². The quantitative estimate of drug-likeness (QED) is 0.181. The van der Waals surface area contributed by atoms with E-state index in [1.165, 1.54) is 31.3 Å². The fourth-order valence-corrected chi connectivity index (χ4v) is 7.62. The predicted molar refractivity (Wildman–Crippen MR) is 205 cm³/mol. The second-order valence-electron chi connectivity index (χ2n) is 12.1. The maximum absolute atomic E-state index is 5.21. The van der Waals surface area contributed by atoms with Crippen molar-refractivity contribution in [2.75, 3.05) is 0 Å². The van der Waals surface area contributed by atoms with Crippen LogP contribution in [0.3, 0.4) is 0 Å². The molecule has 230 valence electrons. The van der Waals surface area contributed by atoms with Crippen LogP contribution in [0.15, 0.2) is 176 Å². The van der Waals surface area contributed by atoms with Gasteiger partial charge in [-0.05, 0) is 51.6 Å². The molecule has 7 aromatic carbocycles. The van der Waals surface area contributed by atoms with Crippen LogP contribution in [0.5, 0.6) is 0 Å². The molecule has 0 aliphatic rings. The average molecular weight is 644 g/mol. The number of rotatable bonds is 6. The van der Waals surface area contributed by atoms with Gasteiger partial charge in [0.2, 0.25) is 0 Å². The van der Waals surface area contributed by atoms with Gasteiger partial charge in [0.05, 0.1) is 0 Å². The molecule has 0 radical (unpaired) electrons. The molecule has 3 nitrogen and oxygen atoms in total. The van der Waals surface area contributed by atoms with Crippen molar-refractivity contribution in [3.05, 3.63) is 176 Å². The number of fused-ring (bicyclic) bond motifs is 3. The Morgan fingerprint density at radius 1 is 0.306 bits per heavy atom. The molecule has 0 unspecified atom stereocenters. The summed E-state index contributed by atoms with van der Waals surface area (Å²) in [6.45, 7) is 0. The summed E-state index contributed by atoms with van der Waals surface area (Å²) >= 11 is 1.79. The van der Waals surface area contributed by atoms with E-state index >= 15 is 0 Å². The van der Waals surface area contributed by atoms with Gasteiger partial charge in [-0.1, -0.05) is 158 Å². The first-order valence-electron chi connectivity index (χ1n) is 16.4. The number of hydrogen-bond acceptors (Lipinski definition) is 4. The van der Waals surface area contributed by atoms with Crippen LogP contribution in [-0.2, 0) is 0 Å². The Morgan fingerprint density at radius 3 is 1.24 bits per heavy atom. The lowest BCUT2D eigenvalue weighted by atomic mass is 9.99. The van der Waals surface area contributed by atoms with Gasteiger partial charge in [0.25, 0.3) is 0 Å². The Labute approximate surface area is 288 Å². The molecule has 0 N–H and O–H groups in total. The number of hydrogen-bond donors (Lipinski definition) is 0. The van der Waals surface area contributed by atoms with Gasteiger partial charge in [0, 0.05) is 36.9 Å². The zero-order chi connectivity index (χ0) is 32.6. The van der Waals surface area contributed by atoms with E-state index in [0.717, 1.165) is 38.9 Å². The number of nitrogens with zero attached hydrogens (tertiary/aromatic N) is 3. The van der Waals surface area contributed by atoms with Crippen LogP contribution in [0.2, 0.25) is 0 Å². The van der Waals surface area contributed by atoms with Crippen molar-refractivity contribution in [2.24, 2.45) is 0 Å². The van der Waals surface area contributed by atoms with Gasteiger partial charge < -0.3 is 0 Å². The van der Waals surface area contributed by atoms with E-state index in [2.05, 4.69) is 164 Å². The summed E-state index contributed by atoms with van der Waals surface area (Å²) in [6, 6.07) is 61.6. The monoisotopic (exact) mass is 643 g/mol. The summed E-state index contributed by atoms with van der Waals surface area (Å²) in [5, 5.41) is 2.45. The highest BCUT2D eigenvalue weighted by Gasteiger charge is 2.19. The molecule has 0 bridgehead atoms. The molecule has 2 heterocycles. The standard InChI is InChI=1S/C45H29N3S/c1-4-12-30(13-5-1)33-20-24-35(25-21-33)43-46-44(36-26-22-34(23-27-36)31-14-6-2-7-15-31)48-45(47-43)40-29-37(32-16-8-3-9-17-32)28-39-38-18-10-11-19-41(38)49-42(39)40/h1-29H. The van der Waals surface area contributed by atoms with Crippen molar-refractivity contribution < 1.29 is 0 Å².